The molecule has 1 rings (SSSR count). The number of nitrogens with zero attached hydrogens (tertiary/aromatic N) is 1. The van der Waals surface area contributed by atoms with E-state index in [0.717, 1.165) is 17.9 Å². The van der Waals surface area contributed by atoms with Crippen LogP contribution in [-0.4, -0.2) is 52.9 Å². The highest BCUT2D eigenvalue weighted by atomic mass is 32.2. The number of thioether (sulfide) groups is 1. The molecule has 1 aromatic carbocycles. The van der Waals surface area contributed by atoms with E-state index in [0.29, 0.717) is 13.1 Å². The molecule has 0 unspecified atom stereocenters. The van der Waals surface area contributed by atoms with Crippen molar-refractivity contribution in [3.8, 4) is 0 Å². The van der Waals surface area contributed by atoms with Gasteiger partial charge in [0.1, 0.15) is 5.60 Å². The van der Waals surface area contributed by atoms with Gasteiger partial charge in [0.05, 0.1) is 6.61 Å². The Labute approximate surface area is 150 Å². The first-order valence-corrected chi connectivity index (χ1v) is 9.70. The molecule has 0 aliphatic rings. The topological polar surface area (TPSA) is 49.8 Å². The molecule has 0 saturated carbocycles. The maximum atomic E-state index is 12.5. The summed E-state index contributed by atoms with van der Waals surface area (Å²) >= 11 is 1.71. The standard InChI is InChI=1S/C19H31NO3S/c1-16(17-9-6-5-7-10-17)15-20(11-8-13-24-14-12-21)18(22)23-19(2,3)4/h5-7,9-10,16,21H,8,11-15H2,1-4H3/t16-/m1/s1. The maximum absolute atomic E-state index is 12.5. The molecule has 0 heterocycles. The summed E-state index contributed by atoms with van der Waals surface area (Å²) in [6, 6.07) is 10.2. The van der Waals surface area contributed by atoms with E-state index in [1.165, 1.54) is 5.56 Å². The summed E-state index contributed by atoms with van der Waals surface area (Å²) in [5.41, 5.74) is 0.734. The third-order valence-corrected chi connectivity index (χ3v) is 4.52. The summed E-state index contributed by atoms with van der Waals surface area (Å²) in [5, 5.41) is 8.83. The summed E-state index contributed by atoms with van der Waals surface area (Å²) in [6.45, 7) is 9.31. The molecule has 0 aliphatic heterocycles. The van der Waals surface area contributed by atoms with Gasteiger partial charge in [0, 0.05) is 18.8 Å². The van der Waals surface area contributed by atoms with E-state index in [-0.39, 0.29) is 18.6 Å². The largest absolute Gasteiger partial charge is 0.444 e. The lowest BCUT2D eigenvalue weighted by molar-refractivity contribution is 0.0241. The number of aliphatic hydroxyl groups excluding tert-OH is 1. The Morgan fingerprint density at radius 1 is 1.25 bits per heavy atom. The minimum atomic E-state index is -0.489. The predicted octanol–water partition coefficient (Wildman–Crippen LogP) is 4.14. The average molecular weight is 354 g/mol. The molecule has 5 heteroatoms. The summed E-state index contributed by atoms with van der Waals surface area (Å²) in [4.78, 5) is 14.3. The normalized spacial score (nSPS) is 12.7. The van der Waals surface area contributed by atoms with Gasteiger partial charge in [-0.3, -0.25) is 0 Å². The lowest BCUT2D eigenvalue weighted by Crippen LogP contribution is -2.39. The van der Waals surface area contributed by atoms with Crippen molar-refractivity contribution in [3.63, 3.8) is 0 Å². The fraction of sp³-hybridized carbons (Fsp3) is 0.632. The van der Waals surface area contributed by atoms with Crippen LogP contribution in [0, 0.1) is 0 Å². The summed E-state index contributed by atoms with van der Waals surface area (Å²) in [6.07, 6.45) is 0.642. The number of carbonyl (C=O) groups is 1. The van der Waals surface area contributed by atoms with E-state index in [1.807, 2.05) is 43.9 Å². The number of rotatable bonds is 9. The first-order chi connectivity index (χ1) is 11.3. The number of aliphatic hydroxyl groups is 1. The molecular weight excluding hydrogens is 322 g/mol. The van der Waals surface area contributed by atoms with Gasteiger partial charge >= 0.3 is 6.09 Å². The molecule has 0 aromatic heterocycles. The summed E-state index contributed by atoms with van der Waals surface area (Å²) in [5.74, 6) is 1.93. The lowest BCUT2D eigenvalue weighted by Gasteiger charge is -2.29. The van der Waals surface area contributed by atoms with Crippen LogP contribution in [0.3, 0.4) is 0 Å². The van der Waals surface area contributed by atoms with Crippen molar-refractivity contribution in [3.05, 3.63) is 35.9 Å². The molecule has 1 atom stereocenters. The Bertz CT molecular complexity index is 473. The molecule has 4 nitrogen and oxygen atoms in total. The Balaban J connectivity index is 2.63. The maximum Gasteiger partial charge on any atom is 0.410 e. The zero-order chi connectivity index (χ0) is 18.0. The van der Waals surface area contributed by atoms with Gasteiger partial charge in [-0.2, -0.15) is 11.8 Å². The highest BCUT2D eigenvalue weighted by molar-refractivity contribution is 7.99. The first kappa shape index (κ1) is 20.8. The molecule has 24 heavy (non-hydrogen) atoms. The minimum absolute atomic E-state index is 0.200. The van der Waals surface area contributed by atoms with E-state index in [4.69, 9.17) is 9.84 Å². The van der Waals surface area contributed by atoms with Gasteiger partial charge in [-0.25, -0.2) is 4.79 Å². The third kappa shape index (κ3) is 8.60. The van der Waals surface area contributed by atoms with Gasteiger partial charge in [0.25, 0.3) is 0 Å². The van der Waals surface area contributed by atoms with Crippen LogP contribution in [-0.2, 0) is 4.74 Å². The van der Waals surface area contributed by atoms with Crippen molar-refractivity contribution in [1.29, 1.82) is 0 Å². The second-order valence-corrected chi connectivity index (χ2v) is 8.15. The van der Waals surface area contributed by atoms with Crippen molar-refractivity contribution in [2.75, 3.05) is 31.2 Å². The van der Waals surface area contributed by atoms with Gasteiger partial charge in [-0.15, -0.1) is 0 Å². The summed E-state index contributed by atoms with van der Waals surface area (Å²) in [7, 11) is 0. The molecule has 0 aliphatic carbocycles. The monoisotopic (exact) mass is 353 g/mol. The van der Waals surface area contributed by atoms with Crippen LogP contribution in [0.4, 0.5) is 4.79 Å². The van der Waals surface area contributed by atoms with E-state index < -0.39 is 5.60 Å². The van der Waals surface area contributed by atoms with E-state index in [2.05, 4.69) is 19.1 Å². The fourth-order valence-corrected chi connectivity index (χ4v) is 2.99. The number of hydrogen-bond acceptors (Lipinski definition) is 4. The number of hydrogen-bond donors (Lipinski definition) is 1. The van der Waals surface area contributed by atoms with E-state index in [1.54, 1.807) is 11.8 Å². The van der Waals surface area contributed by atoms with Crippen molar-refractivity contribution < 1.29 is 14.6 Å². The molecule has 1 amide bonds. The van der Waals surface area contributed by atoms with Gasteiger partial charge < -0.3 is 14.7 Å². The molecule has 0 spiro atoms. The molecule has 1 N–H and O–H groups in total. The number of amides is 1. The van der Waals surface area contributed by atoms with Crippen molar-refractivity contribution in [2.24, 2.45) is 0 Å². The van der Waals surface area contributed by atoms with Crippen molar-refractivity contribution >= 4 is 17.9 Å². The smallest absolute Gasteiger partial charge is 0.410 e. The van der Waals surface area contributed by atoms with Gasteiger partial charge in [0.2, 0.25) is 0 Å². The number of ether oxygens (including phenoxy) is 1. The van der Waals surface area contributed by atoms with Crippen molar-refractivity contribution in [2.45, 2.75) is 45.6 Å². The van der Waals surface area contributed by atoms with Gasteiger partial charge in [-0.1, -0.05) is 37.3 Å². The number of benzene rings is 1. The van der Waals surface area contributed by atoms with Crippen LogP contribution in [0.15, 0.2) is 30.3 Å². The summed E-state index contributed by atoms with van der Waals surface area (Å²) < 4.78 is 5.55. The van der Waals surface area contributed by atoms with Crippen LogP contribution >= 0.6 is 11.8 Å². The van der Waals surface area contributed by atoms with Crippen LogP contribution in [0.25, 0.3) is 0 Å². The van der Waals surface area contributed by atoms with Crippen LogP contribution in [0.5, 0.6) is 0 Å². The zero-order valence-electron chi connectivity index (χ0n) is 15.3. The first-order valence-electron chi connectivity index (χ1n) is 8.55. The second-order valence-electron chi connectivity index (χ2n) is 6.93. The molecule has 0 saturated heterocycles. The Morgan fingerprint density at radius 3 is 2.50 bits per heavy atom. The van der Waals surface area contributed by atoms with Crippen molar-refractivity contribution in [1.82, 2.24) is 4.90 Å². The minimum Gasteiger partial charge on any atom is -0.444 e. The van der Waals surface area contributed by atoms with Crippen LogP contribution in [0.2, 0.25) is 0 Å². The Hall–Kier alpha value is -1.20. The Morgan fingerprint density at radius 2 is 1.92 bits per heavy atom. The molecule has 136 valence electrons. The van der Waals surface area contributed by atoms with Gasteiger partial charge in [0.15, 0.2) is 0 Å². The third-order valence-electron chi connectivity index (χ3n) is 3.47. The highest BCUT2D eigenvalue weighted by Crippen LogP contribution is 2.19. The zero-order valence-corrected chi connectivity index (χ0v) is 16.1. The SMILES string of the molecule is C[C@H](CN(CCCSCCO)C(=O)OC(C)(C)C)c1ccccc1. The lowest BCUT2D eigenvalue weighted by atomic mass is 10.0. The fourth-order valence-electron chi connectivity index (χ4n) is 2.33. The predicted molar refractivity (Wildman–Crippen MR) is 102 cm³/mol. The highest BCUT2D eigenvalue weighted by Gasteiger charge is 2.23. The Kier molecular flexibility index (Phi) is 9.22. The van der Waals surface area contributed by atoms with Crippen LogP contribution < -0.4 is 0 Å². The van der Waals surface area contributed by atoms with E-state index >= 15 is 0 Å². The quantitative estimate of drug-likeness (QED) is 0.678. The second kappa shape index (κ2) is 10.6. The average Bonchev–Trinajstić information content (AvgIpc) is 2.52. The molecule has 0 radical (unpaired) electrons. The molecule has 1 aromatic rings. The number of carbonyl (C=O) groups excluding carboxylic acids is 1. The van der Waals surface area contributed by atoms with Crippen LogP contribution in [0.1, 0.15) is 45.6 Å². The van der Waals surface area contributed by atoms with E-state index in [9.17, 15) is 4.79 Å². The molecule has 0 bridgehead atoms. The van der Waals surface area contributed by atoms with Gasteiger partial charge in [-0.05, 0) is 44.4 Å². The molecule has 0 fully saturated rings. The molecular formula is C19H31NO3S.